The molecule has 4 nitrogen and oxygen atoms in total. The standard InChI is InChI=1S/C19H26Cl2O4/c1-4-6-17(13(2)3)25-19(23)8-5-7-18(22)24-12-14-11-15(20)9-10-16(14)21/h9-11,13,17H,4-8,12H2,1-3H3. The van der Waals surface area contributed by atoms with Crippen LogP contribution in [0.25, 0.3) is 0 Å². The van der Waals surface area contributed by atoms with Gasteiger partial charge in [-0.15, -0.1) is 0 Å². The van der Waals surface area contributed by atoms with E-state index < -0.39 is 0 Å². The molecule has 0 bridgehead atoms. The molecule has 0 aliphatic heterocycles. The highest BCUT2D eigenvalue weighted by atomic mass is 35.5. The molecule has 0 aliphatic carbocycles. The molecule has 0 spiro atoms. The van der Waals surface area contributed by atoms with Crippen LogP contribution in [0.2, 0.25) is 10.0 Å². The number of hydrogen-bond acceptors (Lipinski definition) is 4. The number of rotatable bonds is 10. The summed E-state index contributed by atoms with van der Waals surface area (Å²) < 4.78 is 10.6. The molecular formula is C19H26Cl2O4. The molecule has 1 aromatic carbocycles. The summed E-state index contributed by atoms with van der Waals surface area (Å²) in [6, 6.07) is 4.99. The van der Waals surface area contributed by atoms with Gasteiger partial charge in [0.15, 0.2) is 0 Å². The maximum atomic E-state index is 11.9. The van der Waals surface area contributed by atoms with E-state index in [9.17, 15) is 9.59 Å². The fourth-order valence-electron chi connectivity index (χ4n) is 2.30. The van der Waals surface area contributed by atoms with Crippen LogP contribution < -0.4 is 0 Å². The van der Waals surface area contributed by atoms with Crippen LogP contribution in [-0.4, -0.2) is 18.0 Å². The molecule has 0 amide bonds. The van der Waals surface area contributed by atoms with Gasteiger partial charge in [-0.2, -0.15) is 0 Å². The number of benzene rings is 1. The lowest BCUT2D eigenvalue weighted by Crippen LogP contribution is -2.23. The highest BCUT2D eigenvalue weighted by molar-refractivity contribution is 6.33. The Labute approximate surface area is 159 Å². The van der Waals surface area contributed by atoms with Crippen molar-refractivity contribution in [3.8, 4) is 0 Å². The van der Waals surface area contributed by atoms with E-state index in [0.29, 0.717) is 22.0 Å². The van der Waals surface area contributed by atoms with Crippen molar-refractivity contribution in [3.05, 3.63) is 33.8 Å². The van der Waals surface area contributed by atoms with Crippen LogP contribution in [0.1, 0.15) is 58.4 Å². The van der Waals surface area contributed by atoms with Crippen LogP contribution in [0.4, 0.5) is 0 Å². The first-order valence-electron chi connectivity index (χ1n) is 8.62. The van der Waals surface area contributed by atoms with Crippen LogP contribution in [-0.2, 0) is 25.7 Å². The number of halogens is 2. The summed E-state index contributed by atoms with van der Waals surface area (Å²) in [6.07, 6.45) is 2.53. The molecule has 1 unspecified atom stereocenters. The Morgan fingerprint density at radius 1 is 1.12 bits per heavy atom. The number of esters is 2. The van der Waals surface area contributed by atoms with Crippen molar-refractivity contribution in [3.63, 3.8) is 0 Å². The summed E-state index contributed by atoms with van der Waals surface area (Å²) in [5.74, 6) is -0.355. The van der Waals surface area contributed by atoms with E-state index in [-0.39, 0.29) is 43.4 Å². The Morgan fingerprint density at radius 2 is 1.80 bits per heavy atom. The molecule has 140 valence electrons. The van der Waals surface area contributed by atoms with E-state index in [1.807, 2.05) is 13.8 Å². The van der Waals surface area contributed by atoms with Crippen molar-refractivity contribution < 1.29 is 19.1 Å². The van der Waals surface area contributed by atoms with Crippen molar-refractivity contribution in [2.45, 2.75) is 65.6 Å². The van der Waals surface area contributed by atoms with Crippen molar-refractivity contribution >= 4 is 35.1 Å². The molecule has 0 aliphatic rings. The molecular weight excluding hydrogens is 363 g/mol. The second-order valence-electron chi connectivity index (χ2n) is 6.31. The first-order valence-corrected chi connectivity index (χ1v) is 9.38. The Morgan fingerprint density at radius 3 is 2.44 bits per heavy atom. The minimum Gasteiger partial charge on any atom is -0.462 e. The van der Waals surface area contributed by atoms with E-state index in [2.05, 4.69) is 6.92 Å². The SMILES string of the molecule is CCCC(OC(=O)CCCC(=O)OCc1cc(Cl)ccc1Cl)C(C)C. The normalized spacial score (nSPS) is 12.1. The Balaban J connectivity index is 2.30. The summed E-state index contributed by atoms with van der Waals surface area (Å²) in [5.41, 5.74) is 0.654. The minimum absolute atomic E-state index is 0.0607. The number of carbonyl (C=O) groups excluding carboxylic acids is 2. The highest BCUT2D eigenvalue weighted by Gasteiger charge is 2.17. The van der Waals surface area contributed by atoms with Crippen LogP contribution in [0.3, 0.4) is 0 Å². The van der Waals surface area contributed by atoms with E-state index >= 15 is 0 Å². The van der Waals surface area contributed by atoms with Crippen molar-refractivity contribution in [1.29, 1.82) is 0 Å². The topological polar surface area (TPSA) is 52.6 Å². The zero-order valence-electron chi connectivity index (χ0n) is 15.0. The first kappa shape index (κ1) is 21.8. The third kappa shape index (κ3) is 8.59. The number of ether oxygens (including phenoxy) is 2. The van der Waals surface area contributed by atoms with Crippen molar-refractivity contribution in [2.75, 3.05) is 0 Å². The summed E-state index contributed by atoms with van der Waals surface area (Å²) >= 11 is 11.9. The van der Waals surface area contributed by atoms with Crippen molar-refractivity contribution in [2.24, 2.45) is 5.92 Å². The van der Waals surface area contributed by atoms with Crippen molar-refractivity contribution in [1.82, 2.24) is 0 Å². The predicted octanol–water partition coefficient (Wildman–Crippen LogP) is 5.57. The molecule has 25 heavy (non-hydrogen) atoms. The molecule has 0 N–H and O–H groups in total. The lowest BCUT2D eigenvalue weighted by atomic mass is 10.0. The summed E-state index contributed by atoms with van der Waals surface area (Å²) in [6.45, 7) is 6.19. The highest BCUT2D eigenvalue weighted by Crippen LogP contribution is 2.21. The Kier molecular flexibility index (Phi) is 9.91. The van der Waals surface area contributed by atoms with Gasteiger partial charge in [0.1, 0.15) is 12.7 Å². The van der Waals surface area contributed by atoms with Gasteiger partial charge in [0.25, 0.3) is 0 Å². The van der Waals surface area contributed by atoms with E-state index in [4.69, 9.17) is 32.7 Å². The monoisotopic (exact) mass is 388 g/mol. The van der Waals surface area contributed by atoms with E-state index in [1.165, 1.54) is 0 Å². The van der Waals surface area contributed by atoms with E-state index in [0.717, 1.165) is 12.8 Å². The number of carbonyl (C=O) groups is 2. The molecule has 0 radical (unpaired) electrons. The van der Waals surface area contributed by atoms with Gasteiger partial charge in [-0.25, -0.2) is 0 Å². The molecule has 0 saturated heterocycles. The van der Waals surface area contributed by atoms with Gasteiger partial charge in [-0.05, 0) is 37.0 Å². The molecule has 0 fully saturated rings. The minimum atomic E-state index is -0.377. The lowest BCUT2D eigenvalue weighted by Gasteiger charge is -2.20. The van der Waals surface area contributed by atoms with Gasteiger partial charge in [0.05, 0.1) is 0 Å². The first-order chi connectivity index (χ1) is 11.8. The summed E-state index contributed by atoms with van der Waals surface area (Å²) in [7, 11) is 0. The van der Waals surface area contributed by atoms with E-state index in [1.54, 1.807) is 18.2 Å². The molecule has 6 heteroatoms. The second-order valence-corrected chi connectivity index (χ2v) is 7.15. The Bertz CT molecular complexity index is 573. The van der Waals surface area contributed by atoms with Gasteiger partial charge >= 0.3 is 11.9 Å². The Hall–Kier alpha value is -1.26. The third-order valence-electron chi connectivity index (χ3n) is 3.76. The average molecular weight is 389 g/mol. The maximum absolute atomic E-state index is 11.9. The van der Waals surface area contributed by atoms with Crippen LogP contribution in [0.15, 0.2) is 18.2 Å². The lowest BCUT2D eigenvalue weighted by molar-refractivity contribution is -0.152. The average Bonchev–Trinajstić information content (AvgIpc) is 2.55. The van der Waals surface area contributed by atoms with Gasteiger partial charge in [-0.3, -0.25) is 9.59 Å². The van der Waals surface area contributed by atoms with Gasteiger partial charge in [-0.1, -0.05) is 50.4 Å². The molecule has 1 atom stereocenters. The molecule has 1 aromatic rings. The number of hydrogen-bond donors (Lipinski definition) is 0. The van der Waals surface area contributed by atoms with Crippen LogP contribution in [0.5, 0.6) is 0 Å². The molecule has 1 rings (SSSR count). The summed E-state index contributed by atoms with van der Waals surface area (Å²) in [4.78, 5) is 23.6. The zero-order valence-corrected chi connectivity index (χ0v) is 16.5. The largest absolute Gasteiger partial charge is 0.462 e. The fourth-order valence-corrected chi connectivity index (χ4v) is 2.67. The molecule has 0 aromatic heterocycles. The van der Waals surface area contributed by atoms with Crippen LogP contribution in [0, 0.1) is 5.92 Å². The maximum Gasteiger partial charge on any atom is 0.306 e. The predicted molar refractivity (Wildman–Crippen MR) is 99.7 cm³/mol. The van der Waals surface area contributed by atoms with Crippen LogP contribution >= 0.6 is 23.2 Å². The van der Waals surface area contributed by atoms with Gasteiger partial charge in [0, 0.05) is 28.5 Å². The van der Waals surface area contributed by atoms with Gasteiger partial charge < -0.3 is 9.47 Å². The second kappa shape index (κ2) is 11.4. The summed E-state index contributed by atoms with van der Waals surface area (Å²) in [5, 5.41) is 1.03. The molecule has 0 heterocycles. The quantitative estimate of drug-likeness (QED) is 0.491. The molecule has 0 saturated carbocycles. The zero-order chi connectivity index (χ0) is 18.8. The van der Waals surface area contributed by atoms with Gasteiger partial charge in [0.2, 0.25) is 0 Å². The fraction of sp³-hybridized carbons (Fsp3) is 0.579. The third-order valence-corrected chi connectivity index (χ3v) is 4.36. The smallest absolute Gasteiger partial charge is 0.306 e.